The Morgan fingerprint density at radius 3 is 2.84 bits per heavy atom. The molecule has 0 saturated heterocycles. The Morgan fingerprint density at radius 2 is 2.11 bits per heavy atom. The summed E-state index contributed by atoms with van der Waals surface area (Å²) < 4.78 is 42.4. The number of alkyl halides is 3. The Morgan fingerprint density at radius 1 is 1.37 bits per heavy atom. The minimum Gasteiger partial charge on any atom is -0.372 e. The molecule has 106 valence electrons. The lowest BCUT2D eigenvalue weighted by Gasteiger charge is -2.27. The van der Waals surface area contributed by atoms with Crippen LogP contribution >= 0.6 is 0 Å². The highest BCUT2D eigenvalue weighted by molar-refractivity contribution is 5.31. The van der Waals surface area contributed by atoms with Gasteiger partial charge in [0.15, 0.2) is 0 Å². The van der Waals surface area contributed by atoms with Gasteiger partial charge in [-0.2, -0.15) is 13.2 Å². The van der Waals surface area contributed by atoms with Crippen molar-refractivity contribution in [1.29, 1.82) is 0 Å². The molecule has 0 spiro atoms. The highest BCUT2D eigenvalue weighted by Gasteiger charge is 2.30. The van der Waals surface area contributed by atoms with Gasteiger partial charge in [-0.1, -0.05) is 24.3 Å². The molecule has 0 aliphatic carbocycles. The first-order valence-corrected chi connectivity index (χ1v) is 6.45. The largest absolute Gasteiger partial charge is 0.390 e. The van der Waals surface area contributed by atoms with E-state index in [4.69, 9.17) is 4.74 Å². The lowest BCUT2D eigenvalue weighted by molar-refractivity contribution is -0.139. The van der Waals surface area contributed by atoms with Crippen molar-refractivity contribution < 1.29 is 17.9 Å². The van der Waals surface area contributed by atoms with E-state index in [2.05, 4.69) is 5.32 Å². The molecule has 1 aliphatic rings. The molecule has 1 heterocycles. The maximum Gasteiger partial charge on any atom is 0.390 e. The van der Waals surface area contributed by atoms with Crippen molar-refractivity contribution in [3.05, 3.63) is 35.4 Å². The molecule has 2 atom stereocenters. The second kappa shape index (κ2) is 5.92. The quantitative estimate of drug-likeness (QED) is 0.909. The topological polar surface area (TPSA) is 21.3 Å². The highest BCUT2D eigenvalue weighted by atomic mass is 19.4. The molecule has 0 radical (unpaired) electrons. The first kappa shape index (κ1) is 14.3. The van der Waals surface area contributed by atoms with E-state index < -0.39 is 18.6 Å². The van der Waals surface area contributed by atoms with Crippen LogP contribution < -0.4 is 5.32 Å². The zero-order valence-corrected chi connectivity index (χ0v) is 10.8. The predicted octanol–water partition coefficient (Wildman–Crippen LogP) is 3.23. The maximum absolute atomic E-state index is 12.2. The van der Waals surface area contributed by atoms with Gasteiger partial charge in [0.1, 0.15) is 0 Å². The predicted molar refractivity (Wildman–Crippen MR) is 67.0 cm³/mol. The number of ether oxygens (including phenoxy) is 1. The van der Waals surface area contributed by atoms with Gasteiger partial charge in [0.2, 0.25) is 0 Å². The first-order valence-electron chi connectivity index (χ1n) is 6.45. The van der Waals surface area contributed by atoms with Crippen molar-refractivity contribution in [2.75, 3.05) is 13.2 Å². The van der Waals surface area contributed by atoms with Crippen LogP contribution in [-0.2, 0) is 11.2 Å². The normalized spacial score (nSPS) is 20.9. The Kier molecular flexibility index (Phi) is 4.47. The third kappa shape index (κ3) is 4.21. The lowest BCUT2D eigenvalue weighted by Crippen LogP contribution is -2.36. The summed E-state index contributed by atoms with van der Waals surface area (Å²) in [6, 6.07) is 7.33. The van der Waals surface area contributed by atoms with E-state index in [0.717, 1.165) is 12.0 Å². The summed E-state index contributed by atoms with van der Waals surface area (Å²) in [5, 5.41) is 2.90. The van der Waals surface area contributed by atoms with Gasteiger partial charge in [-0.3, -0.25) is 0 Å². The Labute approximate surface area is 111 Å². The lowest BCUT2D eigenvalue weighted by atomic mass is 9.97. The van der Waals surface area contributed by atoms with E-state index in [0.29, 0.717) is 13.2 Å². The van der Waals surface area contributed by atoms with E-state index in [9.17, 15) is 13.2 Å². The van der Waals surface area contributed by atoms with Gasteiger partial charge in [0, 0.05) is 12.6 Å². The second-order valence-electron chi connectivity index (χ2n) is 4.94. The average molecular weight is 273 g/mol. The second-order valence-corrected chi connectivity index (χ2v) is 4.94. The van der Waals surface area contributed by atoms with Gasteiger partial charge in [0.05, 0.1) is 19.1 Å². The number of nitrogens with one attached hydrogen (secondary N) is 1. The summed E-state index contributed by atoms with van der Waals surface area (Å²) >= 11 is 0. The van der Waals surface area contributed by atoms with Crippen molar-refractivity contribution in [2.24, 2.45) is 0 Å². The molecule has 2 unspecified atom stereocenters. The fraction of sp³-hybridized carbons (Fsp3) is 0.571. The number of benzene rings is 1. The number of hydrogen-bond acceptors (Lipinski definition) is 2. The van der Waals surface area contributed by atoms with E-state index in [-0.39, 0.29) is 6.10 Å². The first-order chi connectivity index (χ1) is 8.96. The molecule has 1 aromatic carbocycles. The summed E-state index contributed by atoms with van der Waals surface area (Å²) in [4.78, 5) is 0. The van der Waals surface area contributed by atoms with Crippen molar-refractivity contribution >= 4 is 0 Å². The summed E-state index contributed by atoms with van der Waals surface area (Å²) in [7, 11) is 0. The van der Waals surface area contributed by atoms with Gasteiger partial charge in [-0.15, -0.1) is 0 Å². The molecular weight excluding hydrogens is 255 g/mol. The molecule has 1 aromatic rings. The molecule has 19 heavy (non-hydrogen) atoms. The van der Waals surface area contributed by atoms with Crippen LogP contribution in [0.1, 0.15) is 30.6 Å². The summed E-state index contributed by atoms with van der Waals surface area (Å²) in [6.45, 7) is 2.58. The molecule has 2 rings (SSSR count). The Balaban J connectivity index is 1.91. The fourth-order valence-electron chi connectivity index (χ4n) is 2.37. The summed E-state index contributed by atoms with van der Waals surface area (Å²) in [5.74, 6) is 0. The fourth-order valence-corrected chi connectivity index (χ4v) is 2.37. The zero-order chi connectivity index (χ0) is 13.9. The van der Waals surface area contributed by atoms with Crippen LogP contribution in [0.4, 0.5) is 13.2 Å². The number of halogens is 3. The van der Waals surface area contributed by atoms with E-state index in [1.807, 2.05) is 24.3 Å². The molecule has 5 heteroatoms. The third-order valence-corrected chi connectivity index (χ3v) is 3.28. The number of fused-ring (bicyclic) bond motifs is 1. The van der Waals surface area contributed by atoms with E-state index in [1.54, 1.807) is 6.92 Å². The molecule has 0 saturated carbocycles. The Bertz CT molecular complexity index is 419. The van der Waals surface area contributed by atoms with Crippen LogP contribution in [0.3, 0.4) is 0 Å². The van der Waals surface area contributed by atoms with Crippen LogP contribution in [0.5, 0.6) is 0 Å². The molecule has 1 aliphatic heterocycles. The third-order valence-electron chi connectivity index (χ3n) is 3.28. The van der Waals surface area contributed by atoms with Crippen molar-refractivity contribution in [1.82, 2.24) is 5.32 Å². The van der Waals surface area contributed by atoms with Gasteiger partial charge in [-0.25, -0.2) is 0 Å². The average Bonchev–Trinajstić information content (AvgIpc) is 2.34. The van der Waals surface area contributed by atoms with E-state index >= 15 is 0 Å². The number of rotatable bonds is 4. The SMILES string of the molecule is CC(CC(F)(F)F)NCC1OCCc2ccccc21. The molecule has 0 bridgehead atoms. The van der Waals surface area contributed by atoms with Gasteiger partial charge < -0.3 is 10.1 Å². The molecular formula is C14H18F3NO. The molecule has 0 aromatic heterocycles. The molecule has 1 N–H and O–H groups in total. The zero-order valence-electron chi connectivity index (χ0n) is 10.8. The van der Waals surface area contributed by atoms with Crippen LogP contribution in [-0.4, -0.2) is 25.4 Å². The monoisotopic (exact) mass is 273 g/mol. The minimum atomic E-state index is -4.13. The van der Waals surface area contributed by atoms with Crippen molar-refractivity contribution in [3.8, 4) is 0 Å². The van der Waals surface area contributed by atoms with Crippen molar-refractivity contribution in [3.63, 3.8) is 0 Å². The summed E-state index contributed by atoms with van der Waals surface area (Å²) in [6.07, 6.45) is -4.23. The smallest absolute Gasteiger partial charge is 0.372 e. The van der Waals surface area contributed by atoms with Crippen LogP contribution in [0.2, 0.25) is 0 Å². The highest BCUT2D eigenvalue weighted by Crippen LogP contribution is 2.27. The van der Waals surface area contributed by atoms with Crippen LogP contribution in [0.25, 0.3) is 0 Å². The number of hydrogen-bond donors (Lipinski definition) is 1. The van der Waals surface area contributed by atoms with Crippen LogP contribution in [0.15, 0.2) is 24.3 Å². The van der Waals surface area contributed by atoms with Crippen LogP contribution in [0, 0.1) is 0 Å². The minimum absolute atomic E-state index is 0.152. The molecule has 0 amide bonds. The van der Waals surface area contributed by atoms with Gasteiger partial charge in [-0.05, 0) is 24.5 Å². The molecule has 0 fully saturated rings. The van der Waals surface area contributed by atoms with Gasteiger partial charge >= 0.3 is 6.18 Å². The maximum atomic E-state index is 12.2. The van der Waals surface area contributed by atoms with Gasteiger partial charge in [0.25, 0.3) is 0 Å². The van der Waals surface area contributed by atoms with E-state index in [1.165, 1.54) is 5.56 Å². The molecule has 2 nitrogen and oxygen atoms in total. The summed E-state index contributed by atoms with van der Waals surface area (Å²) in [5.41, 5.74) is 2.31. The Hall–Kier alpha value is -1.07. The standard InChI is InChI=1S/C14H18F3NO/c1-10(8-14(15,16)17)18-9-13-12-5-3-2-4-11(12)6-7-19-13/h2-5,10,13,18H,6-9H2,1H3. The van der Waals surface area contributed by atoms with Crippen molar-refractivity contribution in [2.45, 2.75) is 38.1 Å².